The number of hydrogen-bond acceptors (Lipinski definition) is 5. The smallest absolute Gasteiger partial charge is 0.125 e. The first kappa shape index (κ1) is 16.2. The zero-order valence-electron chi connectivity index (χ0n) is 13.9. The van der Waals surface area contributed by atoms with Crippen LogP contribution >= 0.6 is 0 Å². The molecule has 0 saturated heterocycles. The number of aliphatic hydroxyl groups is 1. The third-order valence-corrected chi connectivity index (χ3v) is 3.89. The molecule has 1 atom stereocenters. The summed E-state index contributed by atoms with van der Waals surface area (Å²) in [5.41, 5.74) is 2.75. The number of fused-ring (bicyclic) bond motifs is 1. The number of ether oxygens (including phenoxy) is 1. The van der Waals surface area contributed by atoms with Gasteiger partial charge in [-0.3, -0.25) is 0 Å². The molecule has 0 saturated carbocycles. The number of rotatable bonds is 6. The lowest BCUT2D eigenvalue weighted by Gasteiger charge is -2.11. The van der Waals surface area contributed by atoms with Crippen LogP contribution in [-0.2, 0) is 0 Å². The summed E-state index contributed by atoms with van der Waals surface area (Å²) in [4.78, 5) is 9.01. The first-order valence-corrected chi connectivity index (χ1v) is 8.05. The van der Waals surface area contributed by atoms with E-state index in [4.69, 9.17) is 4.74 Å². The Balaban J connectivity index is 1.83. The molecule has 0 aliphatic heterocycles. The summed E-state index contributed by atoms with van der Waals surface area (Å²) in [5.74, 6) is 1.57. The number of aromatic nitrogens is 2. The Kier molecular flexibility index (Phi) is 4.91. The zero-order valence-corrected chi connectivity index (χ0v) is 13.9. The second-order valence-corrected chi connectivity index (χ2v) is 5.61. The quantitative estimate of drug-likeness (QED) is 0.727. The lowest BCUT2D eigenvalue weighted by molar-refractivity contribution is 0.104. The topological polar surface area (TPSA) is 67.3 Å². The van der Waals surface area contributed by atoms with Crippen LogP contribution in [0.3, 0.4) is 0 Å². The molecule has 2 heterocycles. The molecule has 0 aliphatic rings. The highest BCUT2D eigenvalue weighted by atomic mass is 16.5. The molecule has 3 rings (SSSR count). The predicted octanol–water partition coefficient (Wildman–Crippen LogP) is 3.49. The van der Waals surface area contributed by atoms with Gasteiger partial charge in [-0.15, -0.1) is 0 Å². The van der Waals surface area contributed by atoms with Gasteiger partial charge in [0.05, 0.1) is 17.3 Å². The molecule has 0 fully saturated rings. The molecule has 5 heteroatoms. The Hall–Kier alpha value is -2.66. The van der Waals surface area contributed by atoms with E-state index in [1.165, 1.54) is 0 Å². The summed E-state index contributed by atoms with van der Waals surface area (Å²) in [7, 11) is 1.84. The summed E-state index contributed by atoms with van der Waals surface area (Å²) >= 11 is 0. The summed E-state index contributed by atoms with van der Waals surface area (Å²) in [5, 5.41) is 13.6. The lowest BCUT2D eigenvalue weighted by atomic mass is 10.1. The summed E-state index contributed by atoms with van der Waals surface area (Å²) in [6, 6.07) is 13.7. The Bertz CT molecular complexity index is 818. The van der Waals surface area contributed by atoms with Gasteiger partial charge in [0.25, 0.3) is 0 Å². The van der Waals surface area contributed by atoms with Gasteiger partial charge in [0, 0.05) is 24.2 Å². The maximum atomic E-state index is 9.58. The fourth-order valence-corrected chi connectivity index (χ4v) is 2.36. The van der Waals surface area contributed by atoms with Crippen molar-refractivity contribution in [1.82, 2.24) is 9.97 Å². The molecule has 0 radical (unpaired) electrons. The van der Waals surface area contributed by atoms with Gasteiger partial charge in [-0.05, 0) is 42.8 Å². The van der Waals surface area contributed by atoms with E-state index in [-0.39, 0.29) is 0 Å². The van der Waals surface area contributed by atoms with Crippen LogP contribution in [0.25, 0.3) is 22.2 Å². The van der Waals surface area contributed by atoms with Crippen molar-refractivity contribution in [1.29, 1.82) is 0 Å². The largest absolute Gasteiger partial charge is 0.491 e. The Morgan fingerprint density at radius 2 is 2.04 bits per heavy atom. The number of aliphatic hydroxyl groups excluding tert-OH is 1. The molecule has 0 spiro atoms. The number of anilines is 1. The van der Waals surface area contributed by atoms with E-state index in [9.17, 15) is 5.11 Å². The van der Waals surface area contributed by atoms with Crippen LogP contribution in [0.5, 0.6) is 5.75 Å². The van der Waals surface area contributed by atoms with Gasteiger partial charge in [0.2, 0.25) is 0 Å². The van der Waals surface area contributed by atoms with Crippen molar-refractivity contribution in [3.63, 3.8) is 0 Å². The van der Waals surface area contributed by atoms with Crippen LogP contribution in [-0.4, -0.2) is 34.8 Å². The van der Waals surface area contributed by atoms with Gasteiger partial charge in [-0.1, -0.05) is 13.0 Å². The van der Waals surface area contributed by atoms with Crippen LogP contribution in [0.4, 0.5) is 5.82 Å². The van der Waals surface area contributed by atoms with Crippen molar-refractivity contribution in [3.8, 4) is 17.0 Å². The van der Waals surface area contributed by atoms with Crippen molar-refractivity contribution in [3.05, 3.63) is 48.7 Å². The van der Waals surface area contributed by atoms with Crippen LogP contribution in [0.2, 0.25) is 0 Å². The standard InChI is InChI=1S/C19H21N3O2/c1-3-15(23)12-24-16-6-8-17-13(10-16)4-7-18(22-17)14-5-9-19(20-2)21-11-14/h4-11,15,23H,3,12H2,1-2H3,(H,20,21). The molecule has 0 aliphatic carbocycles. The predicted molar refractivity (Wildman–Crippen MR) is 96.3 cm³/mol. The molecule has 1 aromatic carbocycles. The van der Waals surface area contributed by atoms with E-state index >= 15 is 0 Å². The average molecular weight is 323 g/mol. The molecule has 3 aromatic rings. The van der Waals surface area contributed by atoms with Gasteiger partial charge in [0.15, 0.2) is 0 Å². The van der Waals surface area contributed by atoms with Gasteiger partial charge >= 0.3 is 0 Å². The van der Waals surface area contributed by atoms with Gasteiger partial charge in [-0.25, -0.2) is 9.97 Å². The molecule has 2 N–H and O–H groups in total. The van der Waals surface area contributed by atoms with Crippen molar-refractivity contribution >= 4 is 16.7 Å². The van der Waals surface area contributed by atoms with Crippen LogP contribution < -0.4 is 10.1 Å². The summed E-state index contributed by atoms with van der Waals surface area (Å²) in [6.45, 7) is 2.23. The number of nitrogens with one attached hydrogen (secondary N) is 1. The molecule has 24 heavy (non-hydrogen) atoms. The van der Waals surface area contributed by atoms with Crippen molar-refractivity contribution < 1.29 is 9.84 Å². The normalized spacial score (nSPS) is 12.1. The first-order valence-electron chi connectivity index (χ1n) is 8.05. The van der Waals surface area contributed by atoms with E-state index in [1.807, 2.05) is 62.6 Å². The van der Waals surface area contributed by atoms with E-state index in [2.05, 4.69) is 15.3 Å². The second kappa shape index (κ2) is 7.27. The van der Waals surface area contributed by atoms with E-state index in [0.717, 1.165) is 33.7 Å². The Morgan fingerprint density at radius 3 is 2.75 bits per heavy atom. The highest BCUT2D eigenvalue weighted by Crippen LogP contribution is 2.24. The molecule has 0 amide bonds. The minimum Gasteiger partial charge on any atom is -0.491 e. The number of hydrogen-bond donors (Lipinski definition) is 2. The third kappa shape index (κ3) is 3.63. The molecule has 1 unspecified atom stereocenters. The van der Waals surface area contributed by atoms with Crippen molar-refractivity contribution in [2.75, 3.05) is 19.0 Å². The second-order valence-electron chi connectivity index (χ2n) is 5.61. The van der Waals surface area contributed by atoms with Gasteiger partial charge < -0.3 is 15.2 Å². The molecule has 5 nitrogen and oxygen atoms in total. The van der Waals surface area contributed by atoms with Gasteiger partial charge in [-0.2, -0.15) is 0 Å². The number of benzene rings is 1. The van der Waals surface area contributed by atoms with E-state index < -0.39 is 6.10 Å². The number of pyridine rings is 2. The van der Waals surface area contributed by atoms with E-state index in [1.54, 1.807) is 0 Å². The monoisotopic (exact) mass is 323 g/mol. The highest BCUT2D eigenvalue weighted by molar-refractivity contribution is 5.82. The van der Waals surface area contributed by atoms with Crippen LogP contribution in [0, 0.1) is 0 Å². The maximum absolute atomic E-state index is 9.58. The van der Waals surface area contributed by atoms with Crippen LogP contribution in [0.1, 0.15) is 13.3 Å². The van der Waals surface area contributed by atoms with Crippen molar-refractivity contribution in [2.24, 2.45) is 0 Å². The maximum Gasteiger partial charge on any atom is 0.125 e. The fraction of sp³-hybridized carbons (Fsp3) is 0.263. The SMILES string of the molecule is CCC(O)COc1ccc2nc(-c3ccc(NC)nc3)ccc2c1. The van der Waals surface area contributed by atoms with Crippen LogP contribution in [0.15, 0.2) is 48.7 Å². The third-order valence-electron chi connectivity index (χ3n) is 3.89. The molecular formula is C19H21N3O2. The number of nitrogens with zero attached hydrogens (tertiary/aromatic N) is 2. The lowest BCUT2D eigenvalue weighted by Crippen LogP contribution is -2.15. The molecule has 2 aromatic heterocycles. The minimum absolute atomic E-state index is 0.303. The fourth-order valence-electron chi connectivity index (χ4n) is 2.36. The first-order chi connectivity index (χ1) is 11.7. The summed E-state index contributed by atoms with van der Waals surface area (Å²) < 4.78 is 5.61. The molecule has 0 bridgehead atoms. The average Bonchev–Trinajstić information content (AvgIpc) is 2.65. The van der Waals surface area contributed by atoms with E-state index in [0.29, 0.717) is 13.0 Å². The van der Waals surface area contributed by atoms with Gasteiger partial charge in [0.1, 0.15) is 18.2 Å². The molecule has 124 valence electrons. The highest BCUT2D eigenvalue weighted by Gasteiger charge is 2.06. The minimum atomic E-state index is -0.436. The van der Waals surface area contributed by atoms with Crippen molar-refractivity contribution in [2.45, 2.75) is 19.4 Å². The zero-order chi connectivity index (χ0) is 16.9. The Labute approximate surface area is 141 Å². The Morgan fingerprint density at radius 1 is 1.17 bits per heavy atom. The molecular weight excluding hydrogens is 302 g/mol. The summed E-state index contributed by atoms with van der Waals surface area (Å²) in [6.07, 6.45) is 2.05.